The van der Waals surface area contributed by atoms with Crippen molar-refractivity contribution in [2.75, 3.05) is 38.1 Å². The molecule has 0 bridgehead atoms. The number of rotatable bonds is 11. The average molecular weight is 800 g/mol. The maximum absolute atomic E-state index is 13.6. The highest BCUT2D eigenvalue weighted by Gasteiger charge is 2.30. The lowest BCUT2D eigenvalue weighted by Crippen LogP contribution is -2.48. The van der Waals surface area contributed by atoms with E-state index < -0.39 is 29.6 Å². The van der Waals surface area contributed by atoms with E-state index in [4.69, 9.17) is 14.9 Å². The van der Waals surface area contributed by atoms with Gasteiger partial charge in [0.15, 0.2) is 0 Å². The van der Waals surface area contributed by atoms with Crippen molar-refractivity contribution in [1.82, 2.24) is 19.4 Å². The molecule has 1 saturated heterocycles. The van der Waals surface area contributed by atoms with Gasteiger partial charge in [-0.15, -0.1) is 0 Å². The third kappa shape index (κ3) is 11.3. The van der Waals surface area contributed by atoms with Crippen molar-refractivity contribution in [2.45, 2.75) is 33.0 Å². The Hall–Kier alpha value is -6.48. The van der Waals surface area contributed by atoms with Gasteiger partial charge in [-0.25, -0.2) is 14.6 Å². The number of carboxylic acids is 2. The third-order valence-electron chi connectivity index (χ3n) is 9.43. The Morgan fingerprint density at radius 3 is 2.02 bits per heavy atom. The molecule has 0 atom stereocenters. The molecule has 2 aromatic heterocycles. The number of anilines is 1. The summed E-state index contributed by atoms with van der Waals surface area (Å²) in [6, 6.07) is 23.6. The minimum absolute atomic E-state index is 0.00363. The van der Waals surface area contributed by atoms with E-state index in [1.165, 1.54) is 29.3 Å². The summed E-state index contributed by atoms with van der Waals surface area (Å²) in [5.74, 6) is -1.54. The number of aromatic nitrogens is 2. The summed E-state index contributed by atoms with van der Waals surface area (Å²) >= 11 is 0. The quantitative estimate of drug-likeness (QED) is 0.130. The fourth-order valence-electron chi connectivity index (χ4n) is 6.38. The van der Waals surface area contributed by atoms with Gasteiger partial charge in [0.2, 0.25) is 5.88 Å². The fraction of sp³-hybridized carbons (Fsp3) is 0.279. The van der Waals surface area contributed by atoms with Crippen LogP contribution in [0.2, 0.25) is 0 Å². The molecule has 2 N–H and O–H groups in total. The van der Waals surface area contributed by atoms with E-state index in [9.17, 15) is 32.3 Å². The van der Waals surface area contributed by atoms with Gasteiger partial charge < -0.3 is 29.3 Å². The molecule has 3 aromatic carbocycles. The lowest BCUT2D eigenvalue weighted by molar-refractivity contribution is -0.137. The second-order valence-electron chi connectivity index (χ2n) is 14.2. The summed E-state index contributed by atoms with van der Waals surface area (Å²) in [4.78, 5) is 55.5. The molecule has 0 aliphatic carbocycles. The fourth-order valence-corrected chi connectivity index (χ4v) is 6.38. The molecule has 5 aromatic rings. The van der Waals surface area contributed by atoms with Gasteiger partial charge in [-0.2, -0.15) is 13.2 Å². The minimum Gasteiger partial charge on any atom is -0.478 e. The molecule has 1 aliphatic rings. The summed E-state index contributed by atoms with van der Waals surface area (Å²) in [5.41, 5.74) is 3.90. The largest absolute Gasteiger partial charge is 0.478 e. The monoisotopic (exact) mass is 799 g/mol. The number of aryl methyl sites for hydroxylation is 1. The summed E-state index contributed by atoms with van der Waals surface area (Å²) in [6.07, 6.45) is -0.823. The number of benzene rings is 3. The molecule has 3 heterocycles. The van der Waals surface area contributed by atoms with E-state index in [-0.39, 0.29) is 11.5 Å². The number of carbonyl (C=O) groups is 4. The van der Waals surface area contributed by atoms with Crippen molar-refractivity contribution in [2.24, 2.45) is 13.0 Å². The van der Waals surface area contributed by atoms with Crippen LogP contribution in [0.25, 0.3) is 10.9 Å². The molecule has 12 nitrogen and oxygen atoms in total. The SMILES string of the molecule is CC(C)Cc1ccc(CN2CCN(C(=O)c3cc4cc(Oc5ccc(N(C)C(=O)c6ccc(C(F)(F)F)cc6)cn5)ccc4n3C)CC2)cc1.O=C(O)C=CC(=O)O. The summed E-state index contributed by atoms with van der Waals surface area (Å²) in [5, 5.41) is 16.5. The molecule has 0 unspecified atom stereocenters. The normalized spacial score (nSPS) is 13.3. The van der Waals surface area contributed by atoms with Gasteiger partial charge >= 0.3 is 18.1 Å². The van der Waals surface area contributed by atoms with Crippen molar-refractivity contribution in [3.05, 3.63) is 131 Å². The zero-order valence-corrected chi connectivity index (χ0v) is 32.4. The number of hydrogen-bond acceptors (Lipinski definition) is 7. The summed E-state index contributed by atoms with van der Waals surface area (Å²) in [6.45, 7) is 8.27. The molecular weight excluding hydrogens is 755 g/mol. The van der Waals surface area contributed by atoms with E-state index >= 15 is 0 Å². The van der Waals surface area contributed by atoms with E-state index in [1.807, 2.05) is 34.7 Å². The van der Waals surface area contributed by atoms with Crippen LogP contribution in [0, 0.1) is 5.92 Å². The van der Waals surface area contributed by atoms with Gasteiger partial charge in [0.25, 0.3) is 11.8 Å². The maximum atomic E-state index is 13.6. The molecule has 15 heteroatoms. The molecule has 0 radical (unpaired) electrons. The number of aliphatic carboxylic acids is 2. The predicted octanol–water partition coefficient (Wildman–Crippen LogP) is 7.53. The predicted molar refractivity (Wildman–Crippen MR) is 212 cm³/mol. The Morgan fingerprint density at radius 1 is 0.845 bits per heavy atom. The van der Waals surface area contributed by atoms with Crippen LogP contribution < -0.4 is 9.64 Å². The topological polar surface area (TPSA) is 146 Å². The number of ether oxygens (including phenoxy) is 1. The van der Waals surface area contributed by atoms with Gasteiger partial charge in [0.05, 0.1) is 17.4 Å². The van der Waals surface area contributed by atoms with Gasteiger partial charge in [-0.3, -0.25) is 14.5 Å². The van der Waals surface area contributed by atoms with Crippen LogP contribution in [0.15, 0.2) is 103 Å². The van der Waals surface area contributed by atoms with E-state index in [1.54, 1.807) is 18.2 Å². The standard InChI is InChI=1S/C39H40F3N5O3.C4H4O4/c1-26(2)21-27-5-7-28(8-6-27)25-46-17-19-47(20-18-46)38(49)35-23-30-22-33(14-15-34(30)45(35)4)50-36-16-13-32(24-43-36)44(3)37(48)29-9-11-31(12-10-29)39(40,41)42;5-3(6)1-2-4(7)8/h5-16,22-24,26H,17-21,25H2,1-4H3;1-2H,(H,5,6)(H,7,8). The van der Waals surface area contributed by atoms with Crippen molar-refractivity contribution in [1.29, 1.82) is 0 Å². The van der Waals surface area contributed by atoms with E-state index in [2.05, 4.69) is 48.0 Å². The van der Waals surface area contributed by atoms with Crippen molar-refractivity contribution < 1.29 is 47.3 Å². The molecule has 58 heavy (non-hydrogen) atoms. The first-order valence-corrected chi connectivity index (χ1v) is 18.4. The van der Waals surface area contributed by atoms with Crippen LogP contribution in [0.1, 0.15) is 51.4 Å². The smallest absolute Gasteiger partial charge is 0.416 e. The number of amides is 2. The molecule has 1 fully saturated rings. The summed E-state index contributed by atoms with van der Waals surface area (Å²) in [7, 11) is 3.41. The Bertz CT molecular complexity index is 2250. The third-order valence-corrected chi connectivity index (χ3v) is 9.43. The van der Waals surface area contributed by atoms with Gasteiger partial charge in [0.1, 0.15) is 11.4 Å². The maximum Gasteiger partial charge on any atom is 0.416 e. The molecule has 304 valence electrons. The lowest BCUT2D eigenvalue weighted by atomic mass is 10.0. The van der Waals surface area contributed by atoms with Crippen LogP contribution in [-0.4, -0.2) is 86.5 Å². The van der Waals surface area contributed by atoms with Crippen LogP contribution in [-0.2, 0) is 35.8 Å². The molecule has 2 amide bonds. The molecular formula is C43H44F3N5O7. The Kier molecular flexibility index (Phi) is 13.7. The van der Waals surface area contributed by atoms with E-state index in [0.717, 1.165) is 61.2 Å². The Morgan fingerprint density at radius 2 is 1.47 bits per heavy atom. The number of carbonyl (C=O) groups excluding carboxylic acids is 2. The highest BCUT2D eigenvalue weighted by molar-refractivity contribution is 6.05. The Balaban J connectivity index is 0.000000725. The molecule has 6 rings (SSSR count). The number of hydrogen-bond donors (Lipinski definition) is 2. The van der Waals surface area contributed by atoms with Gasteiger partial charge in [-0.1, -0.05) is 38.1 Å². The van der Waals surface area contributed by atoms with Crippen molar-refractivity contribution in [3.63, 3.8) is 0 Å². The zero-order valence-electron chi connectivity index (χ0n) is 32.4. The number of halogens is 3. The number of carboxylic acid groups (broad SMARTS) is 2. The van der Waals surface area contributed by atoms with E-state index in [0.29, 0.717) is 54.2 Å². The zero-order chi connectivity index (χ0) is 42.1. The highest BCUT2D eigenvalue weighted by Crippen LogP contribution is 2.31. The van der Waals surface area contributed by atoms with Crippen LogP contribution in [0.3, 0.4) is 0 Å². The minimum atomic E-state index is -4.48. The van der Waals surface area contributed by atoms with Gasteiger partial charge in [-0.05, 0) is 78.1 Å². The average Bonchev–Trinajstić information content (AvgIpc) is 3.52. The second kappa shape index (κ2) is 18.6. The van der Waals surface area contributed by atoms with Crippen molar-refractivity contribution in [3.8, 4) is 11.6 Å². The molecule has 0 spiro atoms. The number of nitrogens with zero attached hydrogens (tertiary/aromatic N) is 5. The first-order chi connectivity index (χ1) is 27.5. The first-order valence-electron chi connectivity index (χ1n) is 18.4. The number of alkyl halides is 3. The van der Waals surface area contributed by atoms with Crippen LogP contribution in [0.5, 0.6) is 11.6 Å². The Labute approximate surface area is 333 Å². The van der Waals surface area contributed by atoms with Gasteiger partial charge in [0, 0.05) is 81.5 Å². The number of pyridine rings is 1. The first kappa shape index (κ1) is 42.7. The summed E-state index contributed by atoms with van der Waals surface area (Å²) < 4.78 is 46.6. The lowest BCUT2D eigenvalue weighted by Gasteiger charge is -2.34. The van der Waals surface area contributed by atoms with Crippen LogP contribution in [0.4, 0.5) is 18.9 Å². The second-order valence-corrected chi connectivity index (χ2v) is 14.2. The number of piperazine rings is 1. The van der Waals surface area contributed by atoms with Crippen LogP contribution >= 0.6 is 0 Å². The molecule has 1 aliphatic heterocycles. The molecule has 0 saturated carbocycles. The highest BCUT2D eigenvalue weighted by atomic mass is 19.4. The number of fused-ring (bicyclic) bond motifs is 1. The van der Waals surface area contributed by atoms with Crippen molar-refractivity contribution >= 4 is 40.3 Å².